The Bertz CT molecular complexity index is 801. The van der Waals surface area contributed by atoms with Gasteiger partial charge in [0.1, 0.15) is 5.28 Å². The van der Waals surface area contributed by atoms with Gasteiger partial charge in [-0.1, -0.05) is 62.1 Å². The Hall–Kier alpha value is -1.64. The highest BCUT2D eigenvalue weighted by molar-refractivity contribution is 7.85. The summed E-state index contributed by atoms with van der Waals surface area (Å²) >= 11 is 5.71. The summed E-state index contributed by atoms with van der Waals surface area (Å²) in [5.41, 5.74) is 0.910. The van der Waals surface area contributed by atoms with E-state index in [4.69, 9.17) is 12.2 Å². The third-order valence-electron chi connectivity index (χ3n) is 5.43. The summed E-state index contributed by atoms with van der Waals surface area (Å²) in [6.45, 7) is 0. The summed E-state index contributed by atoms with van der Waals surface area (Å²) in [6.07, 6.45) is 6.40. The molecule has 1 unspecified atom stereocenters. The van der Waals surface area contributed by atoms with Crippen molar-refractivity contribution in [3.8, 4) is 0 Å². The third-order valence-corrected chi connectivity index (χ3v) is 9.56. The van der Waals surface area contributed by atoms with Crippen molar-refractivity contribution in [1.82, 2.24) is 5.32 Å². The summed E-state index contributed by atoms with van der Waals surface area (Å²) in [5.74, 6) is 0. The molecule has 0 radical (unpaired) electrons. The molecule has 0 amide bonds. The van der Waals surface area contributed by atoms with Crippen molar-refractivity contribution in [1.29, 1.82) is 0 Å². The van der Waals surface area contributed by atoms with Gasteiger partial charge in [-0.3, -0.25) is 9.24 Å². The van der Waals surface area contributed by atoms with Gasteiger partial charge in [0.05, 0.1) is 5.69 Å². The van der Waals surface area contributed by atoms with Crippen molar-refractivity contribution in [3.05, 3.63) is 60.7 Å². The second-order valence-electron chi connectivity index (χ2n) is 6.93. The van der Waals surface area contributed by atoms with Crippen molar-refractivity contribution in [2.45, 2.75) is 43.8 Å². The highest BCUT2D eigenvalue weighted by Crippen LogP contribution is 2.67. The summed E-state index contributed by atoms with van der Waals surface area (Å²) < 4.78 is 16.7. The van der Waals surface area contributed by atoms with Crippen LogP contribution in [0.5, 0.6) is 0 Å². The molecule has 1 aliphatic carbocycles. The Morgan fingerprint density at radius 1 is 0.880 bits per heavy atom. The van der Waals surface area contributed by atoms with Gasteiger partial charge in [-0.25, -0.2) is 0 Å². The molecule has 25 heavy (non-hydrogen) atoms. The topological polar surface area (TPSA) is 32.3 Å². The second-order valence-corrected chi connectivity index (χ2v) is 10.2. The highest BCUT2D eigenvalue weighted by atomic mass is 32.1. The number of anilines is 1. The lowest BCUT2D eigenvalue weighted by molar-refractivity contribution is 0.452. The summed E-state index contributed by atoms with van der Waals surface area (Å²) in [7, 11) is -2.96. The Morgan fingerprint density at radius 2 is 1.44 bits per heavy atom. The lowest BCUT2D eigenvalue weighted by atomic mass is 10.1. The number of benzene rings is 2. The quantitative estimate of drug-likeness (QED) is 0.593. The molecular weight excluding hydrogens is 347 g/mol. The minimum atomic E-state index is -2.96. The van der Waals surface area contributed by atoms with Crippen LogP contribution in [0.4, 0.5) is 5.69 Å². The molecule has 1 N–H and O–H groups in total. The fourth-order valence-corrected chi connectivity index (χ4v) is 8.58. The molecule has 1 saturated carbocycles. The van der Waals surface area contributed by atoms with Crippen LogP contribution in [0.15, 0.2) is 60.7 Å². The average Bonchev–Trinajstić information content (AvgIpc) is 2.79. The smallest absolute Gasteiger partial charge is 0.231 e. The normalized spacial score (nSPS) is 25.6. The zero-order chi connectivity index (χ0) is 17.3. The predicted octanol–water partition coefficient (Wildman–Crippen LogP) is 5.04. The van der Waals surface area contributed by atoms with Crippen molar-refractivity contribution in [2.75, 3.05) is 4.67 Å². The molecule has 1 atom stereocenters. The van der Waals surface area contributed by atoms with Crippen molar-refractivity contribution < 1.29 is 4.57 Å². The second kappa shape index (κ2) is 6.59. The molecule has 4 rings (SSSR count). The lowest BCUT2D eigenvalue weighted by Gasteiger charge is -2.37. The van der Waals surface area contributed by atoms with Gasteiger partial charge in [0.25, 0.3) is 0 Å². The van der Waals surface area contributed by atoms with E-state index in [1.807, 2.05) is 65.3 Å². The molecule has 0 bridgehead atoms. The van der Waals surface area contributed by atoms with Gasteiger partial charge < -0.3 is 5.32 Å². The van der Waals surface area contributed by atoms with E-state index in [-0.39, 0.29) is 0 Å². The number of rotatable bonds is 2. The predicted molar refractivity (Wildman–Crippen MR) is 109 cm³/mol. The minimum Gasteiger partial charge on any atom is -0.348 e. The summed E-state index contributed by atoms with van der Waals surface area (Å²) in [4.78, 5) is 0. The lowest BCUT2D eigenvalue weighted by Crippen LogP contribution is -2.42. The van der Waals surface area contributed by atoms with Gasteiger partial charge in [0.15, 0.2) is 5.11 Å². The average molecular weight is 370 g/mol. The molecule has 1 spiro atoms. The fourth-order valence-electron chi connectivity index (χ4n) is 4.23. The highest BCUT2D eigenvalue weighted by Gasteiger charge is 2.59. The first kappa shape index (κ1) is 16.8. The van der Waals surface area contributed by atoms with E-state index >= 15 is 0 Å². The van der Waals surface area contributed by atoms with E-state index < -0.39 is 12.6 Å². The van der Waals surface area contributed by atoms with E-state index in [2.05, 4.69) is 5.32 Å². The number of hydrogen-bond donors (Lipinski definition) is 1. The van der Waals surface area contributed by atoms with Gasteiger partial charge in [0, 0.05) is 5.30 Å². The molecule has 1 heterocycles. The number of nitrogens with one attached hydrogen (secondary N) is 1. The maximum absolute atomic E-state index is 14.8. The van der Waals surface area contributed by atoms with Crippen molar-refractivity contribution in [3.63, 3.8) is 0 Å². The van der Waals surface area contributed by atoms with Gasteiger partial charge in [-0.05, 0) is 49.3 Å². The number of thiocarbonyl (C=S) groups is 1. The summed E-state index contributed by atoms with van der Waals surface area (Å²) in [6, 6.07) is 19.9. The molecule has 2 aliphatic rings. The summed E-state index contributed by atoms with van der Waals surface area (Å²) in [5, 5.41) is 4.59. The van der Waals surface area contributed by atoms with Gasteiger partial charge in [0.2, 0.25) is 7.29 Å². The van der Waals surface area contributed by atoms with E-state index in [0.29, 0.717) is 5.11 Å². The molecular formula is C20H23N2OPS. The van der Waals surface area contributed by atoms with Crippen LogP contribution in [0.2, 0.25) is 0 Å². The molecule has 2 fully saturated rings. The Morgan fingerprint density at radius 3 is 2.04 bits per heavy atom. The van der Waals surface area contributed by atoms with Gasteiger partial charge >= 0.3 is 0 Å². The van der Waals surface area contributed by atoms with Gasteiger partial charge in [-0.15, -0.1) is 0 Å². The van der Waals surface area contributed by atoms with Gasteiger partial charge in [-0.2, -0.15) is 0 Å². The SMILES string of the molecule is O=P1(c2ccccc2)N(c2ccccc2)C(=S)NC12CCCCCC2. The van der Waals surface area contributed by atoms with Crippen LogP contribution in [0.3, 0.4) is 0 Å². The van der Waals surface area contributed by atoms with E-state index in [1.165, 1.54) is 12.8 Å². The third kappa shape index (κ3) is 2.63. The van der Waals surface area contributed by atoms with Crippen molar-refractivity contribution >= 4 is 35.6 Å². The van der Waals surface area contributed by atoms with Crippen LogP contribution < -0.4 is 15.3 Å². The molecule has 2 aromatic rings. The van der Waals surface area contributed by atoms with Crippen LogP contribution in [-0.2, 0) is 4.57 Å². The van der Waals surface area contributed by atoms with Crippen LogP contribution in [0.1, 0.15) is 38.5 Å². The van der Waals surface area contributed by atoms with Crippen LogP contribution in [0.25, 0.3) is 0 Å². The zero-order valence-corrected chi connectivity index (χ0v) is 15.9. The van der Waals surface area contributed by atoms with E-state index in [9.17, 15) is 4.57 Å². The first-order valence-corrected chi connectivity index (χ1v) is 11.1. The van der Waals surface area contributed by atoms with E-state index in [1.54, 1.807) is 0 Å². The molecule has 5 heteroatoms. The monoisotopic (exact) mass is 370 g/mol. The Balaban J connectivity index is 1.92. The number of hydrogen-bond acceptors (Lipinski definition) is 2. The molecule has 0 aromatic heterocycles. The first-order valence-electron chi connectivity index (χ1n) is 9.01. The minimum absolute atomic E-state index is 0.447. The van der Waals surface area contributed by atoms with Crippen LogP contribution >= 0.6 is 19.5 Å². The Kier molecular flexibility index (Phi) is 4.43. The maximum Gasteiger partial charge on any atom is 0.231 e. The fraction of sp³-hybridized carbons (Fsp3) is 0.350. The standard InChI is InChI=1S/C20H23N2OPS/c23-24(18-13-7-4-8-14-18)20(15-9-1-2-10-16-20)21-19(25)22(24)17-11-5-3-6-12-17/h3-8,11-14H,1-2,9-10,15-16H2,(H,21,25). The molecule has 2 aromatic carbocycles. The largest absolute Gasteiger partial charge is 0.348 e. The molecule has 1 aliphatic heterocycles. The number of nitrogens with zero attached hydrogens (tertiary/aromatic N) is 1. The first-order chi connectivity index (χ1) is 12.2. The van der Waals surface area contributed by atoms with Crippen LogP contribution in [0, 0.1) is 0 Å². The Labute approximate surface area is 154 Å². The van der Waals surface area contributed by atoms with Crippen LogP contribution in [-0.4, -0.2) is 10.4 Å². The van der Waals surface area contributed by atoms with E-state index in [0.717, 1.165) is 36.7 Å². The molecule has 1 saturated heterocycles. The number of para-hydroxylation sites is 1. The maximum atomic E-state index is 14.8. The zero-order valence-electron chi connectivity index (χ0n) is 14.2. The molecule has 3 nitrogen and oxygen atoms in total. The molecule has 130 valence electrons. The van der Waals surface area contributed by atoms with Crippen molar-refractivity contribution in [2.24, 2.45) is 0 Å².